The fourth-order valence-electron chi connectivity index (χ4n) is 5.56. The predicted molar refractivity (Wildman–Crippen MR) is 161 cm³/mol. The van der Waals surface area contributed by atoms with Crippen LogP contribution in [0.2, 0.25) is 0 Å². The van der Waals surface area contributed by atoms with E-state index in [-0.39, 0.29) is 52.0 Å². The topological polar surface area (TPSA) is 76.0 Å². The normalized spacial score (nSPS) is 20.9. The molecule has 1 aliphatic heterocycles. The number of carbonyl (C=O) groups is 1. The molecule has 1 saturated heterocycles. The Balaban J connectivity index is 1.86. The lowest BCUT2D eigenvalue weighted by Gasteiger charge is -2.52. The molecule has 222 valence electrons. The fraction of sp³-hybridized carbons (Fsp3) is 0.629. The largest absolute Gasteiger partial charge is 0.507 e. The van der Waals surface area contributed by atoms with Gasteiger partial charge >= 0.3 is 0 Å². The van der Waals surface area contributed by atoms with Crippen LogP contribution in [0.4, 0.5) is 0 Å². The molecule has 0 aliphatic carbocycles. The first-order valence-corrected chi connectivity index (χ1v) is 14.9. The third-order valence-corrected chi connectivity index (χ3v) is 10.6. The summed E-state index contributed by atoms with van der Waals surface area (Å²) in [6, 6.07) is 14.1. The van der Waals surface area contributed by atoms with Gasteiger partial charge in [-0.15, -0.1) is 0 Å². The molecule has 1 fully saturated rings. The smallest absolute Gasteiger partial charge is 0.193 e. The zero-order valence-electron chi connectivity index (χ0n) is 26.2. The highest BCUT2D eigenvalue weighted by molar-refractivity contribution is 6.09. The number of ketones is 1. The van der Waals surface area contributed by atoms with Crippen molar-refractivity contribution in [2.45, 2.75) is 113 Å². The number of aliphatic hydroxyl groups is 1. The molecule has 40 heavy (non-hydrogen) atoms. The molecule has 0 aromatic heterocycles. The summed E-state index contributed by atoms with van der Waals surface area (Å²) in [6.07, 6.45) is 3.54. The zero-order valence-corrected chi connectivity index (χ0v) is 26.2. The van der Waals surface area contributed by atoms with E-state index in [1.54, 1.807) is 30.3 Å². The van der Waals surface area contributed by atoms with Gasteiger partial charge in [0.05, 0.1) is 17.8 Å². The quantitative estimate of drug-likeness (QED) is 0.258. The van der Waals surface area contributed by atoms with Crippen molar-refractivity contribution in [3.8, 4) is 5.75 Å². The average Bonchev–Trinajstić information content (AvgIpc) is 2.91. The van der Waals surface area contributed by atoms with Gasteiger partial charge in [-0.2, -0.15) is 0 Å². The van der Waals surface area contributed by atoms with Crippen molar-refractivity contribution in [1.29, 1.82) is 0 Å². The van der Waals surface area contributed by atoms with Crippen molar-refractivity contribution >= 4 is 5.78 Å². The molecule has 0 amide bonds. The van der Waals surface area contributed by atoms with Crippen molar-refractivity contribution in [2.75, 3.05) is 6.61 Å². The standard InChI is InChI=1S/C35H52O5/c1-10-26-23-29(35(8,9)34(6,7)19-18-32(2,3)33(4,5)20-21-36)40-31(39-26)27-22-25(16-17-28(27)37)30(38)24-14-12-11-13-15-24/h11-17,22,26,29,31,36-37H,10,18-21,23H2,1-9H3. The molecule has 3 unspecified atom stereocenters. The second kappa shape index (κ2) is 12.3. The SMILES string of the molecule is CCC1CC(C(C)(C)C(C)(C)CCC(C)(C)C(C)(C)CCO)OC(c2cc(C(=O)c3ccccc3)ccc2O)O1. The molecule has 0 bridgehead atoms. The molecule has 0 spiro atoms. The van der Waals surface area contributed by atoms with Crippen molar-refractivity contribution in [2.24, 2.45) is 21.7 Å². The second-order valence-electron chi connectivity index (χ2n) is 14.2. The number of phenols is 1. The molecule has 3 atom stereocenters. The van der Waals surface area contributed by atoms with Gasteiger partial charge in [0.2, 0.25) is 0 Å². The molecular weight excluding hydrogens is 500 g/mol. The van der Waals surface area contributed by atoms with Crippen LogP contribution in [0.5, 0.6) is 5.75 Å². The molecule has 5 heteroatoms. The maximum atomic E-state index is 13.2. The van der Waals surface area contributed by atoms with Gasteiger partial charge in [-0.25, -0.2) is 0 Å². The van der Waals surface area contributed by atoms with Crippen LogP contribution in [-0.2, 0) is 9.47 Å². The number of aromatic hydroxyl groups is 1. The molecular formula is C35H52O5. The number of phenolic OH excluding ortho intramolecular Hbond substituents is 1. The summed E-state index contributed by atoms with van der Waals surface area (Å²) < 4.78 is 13.0. The average molecular weight is 553 g/mol. The van der Waals surface area contributed by atoms with Gasteiger partial charge in [0.1, 0.15) is 5.75 Å². The van der Waals surface area contributed by atoms with Gasteiger partial charge in [-0.05, 0) is 65.5 Å². The molecule has 1 aliphatic rings. The number of benzene rings is 2. The molecule has 3 rings (SSSR count). The highest BCUT2D eigenvalue weighted by atomic mass is 16.7. The fourth-order valence-corrected chi connectivity index (χ4v) is 5.56. The maximum absolute atomic E-state index is 13.2. The van der Waals surface area contributed by atoms with Gasteiger partial charge in [0.25, 0.3) is 0 Å². The first kappa shape index (κ1) is 32.3. The van der Waals surface area contributed by atoms with E-state index in [2.05, 4.69) is 62.3 Å². The lowest BCUT2D eigenvalue weighted by atomic mass is 9.57. The minimum Gasteiger partial charge on any atom is -0.507 e. The number of ether oxygens (including phenoxy) is 2. The Labute approximate surface area is 242 Å². The van der Waals surface area contributed by atoms with Crippen LogP contribution in [0.15, 0.2) is 48.5 Å². The number of carbonyl (C=O) groups excluding carboxylic acids is 1. The third kappa shape index (κ3) is 6.80. The number of hydrogen-bond donors (Lipinski definition) is 2. The van der Waals surface area contributed by atoms with E-state index >= 15 is 0 Å². The Morgan fingerprint density at radius 2 is 1.43 bits per heavy atom. The van der Waals surface area contributed by atoms with Crippen LogP contribution in [0.25, 0.3) is 0 Å². The highest BCUT2D eigenvalue weighted by Crippen LogP contribution is 2.53. The zero-order chi connectivity index (χ0) is 29.9. The monoisotopic (exact) mass is 552 g/mol. The van der Waals surface area contributed by atoms with Crippen molar-refractivity contribution in [1.82, 2.24) is 0 Å². The van der Waals surface area contributed by atoms with Crippen molar-refractivity contribution in [3.05, 3.63) is 65.2 Å². The lowest BCUT2D eigenvalue weighted by molar-refractivity contribution is -0.280. The van der Waals surface area contributed by atoms with Crippen LogP contribution in [0.1, 0.15) is 122 Å². The van der Waals surface area contributed by atoms with Gasteiger partial charge in [0, 0.05) is 24.2 Å². The van der Waals surface area contributed by atoms with Gasteiger partial charge in [0.15, 0.2) is 12.1 Å². The third-order valence-electron chi connectivity index (χ3n) is 10.6. The van der Waals surface area contributed by atoms with E-state index in [0.717, 1.165) is 32.1 Å². The molecule has 1 heterocycles. The van der Waals surface area contributed by atoms with Gasteiger partial charge < -0.3 is 19.7 Å². The summed E-state index contributed by atoms with van der Waals surface area (Å²) >= 11 is 0. The van der Waals surface area contributed by atoms with Crippen molar-refractivity contribution in [3.63, 3.8) is 0 Å². The van der Waals surface area contributed by atoms with E-state index in [9.17, 15) is 15.0 Å². The van der Waals surface area contributed by atoms with Crippen LogP contribution in [-0.4, -0.2) is 34.8 Å². The van der Waals surface area contributed by atoms with E-state index in [0.29, 0.717) is 16.7 Å². The summed E-state index contributed by atoms with van der Waals surface area (Å²) in [7, 11) is 0. The van der Waals surface area contributed by atoms with Crippen LogP contribution in [0.3, 0.4) is 0 Å². The molecule has 2 aromatic rings. The highest BCUT2D eigenvalue weighted by Gasteiger charge is 2.49. The van der Waals surface area contributed by atoms with E-state index < -0.39 is 6.29 Å². The molecule has 5 nitrogen and oxygen atoms in total. The number of hydrogen-bond acceptors (Lipinski definition) is 5. The minimum atomic E-state index is -0.762. The summed E-state index contributed by atoms with van der Waals surface area (Å²) in [5.41, 5.74) is 1.41. The van der Waals surface area contributed by atoms with Crippen molar-refractivity contribution < 1.29 is 24.5 Å². The van der Waals surface area contributed by atoms with Crippen LogP contribution >= 0.6 is 0 Å². The van der Waals surface area contributed by atoms with Crippen LogP contribution in [0, 0.1) is 21.7 Å². The Morgan fingerprint density at radius 3 is 2.02 bits per heavy atom. The van der Waals surface area contributed by atoms with Gasteiger partial charge in [-0.1, -0.05) is 92.6 Å². The first-order valence-electron chi connectivity index (χ1n) is 14.9. The molecule has 0 radical (unpaired) electrons. The first-order chi connectivity index (χ1) is 18.6. The number of aliphatic hydroxyl groups excluding tert-OH is 1. The Kier molecular flexibility index (Phi) is 9.97. The summed E-state index contributed by atoms with van der Waals surface area (Å²) in [5.74, 6) is -0.0375. The van der Waals surface area contributed by atoms with E-state index in [1.807, 2.05) is 18.2 Å². The summed E-state index contributed by atoms with van der Waals surface area (Å²) in [6.45, 7) is 20.7. The number of rotatable bonds is 12. The minimum absolute atomic E-state index is 0.0216. The van der Waals surface area contributed by atoms with Gasteiger partial charge in [-0.3, -0.25) is 4.79 Å². The molecule has 0 saturated carbocycles. The Hall–Kier alpha value is -2.21. The summed E-state index contributed by atoms with van der Waals surface area (Å²) in [5, 5.41) is 20.5. The summed E-state index contributed by atoms with van der Waals surface area (Å²) in [4.78, 5) is 13.2. The predicted octanol–water partition coefficient (Wildman–Crippen LogP) is 8.47. The Morgan fingerprint density at radius 1 is 0.825 bits per heavy atom. The lowest BCUT2D eigenvalue weighted by Crippen LogP contribution is -2.49. The van der Waals surface area contributed by atoms with Crippen LogP contribution < -0.4 is 0 Å². The second-order valence-corrected chi connectivity index (χ2v) is 14.2. The Bertz CT molecular complexity index is 1130. The maximum Gasteiger partial charge on any atom is 0.193 e. The molecule has 2 aromatic carbocycles. The van der Waals surface area contributed by atoms with E-state index in [1.165, 1.54) is 0 Å². The molecule has 2 N–H and O–H groups in total. The van der Waals surface area contributed by atoms with E-state index in [4.69, 9.17) is 9.47 Å².